The van der Waals surface area contributed by atoms with Gasteiger partial charge in [-0.15, -0.1) is 0 Å². The fourth-order valence-corrected chi connectivity index (χ4v) is 2.45. The van der Waals surface area contributed by atoms with E-state index in [-0.39, 0.29) is 0 Å². The van der Waals surface area contributed by atoms with E-state index in [0.717, 1.165) is 12.8 Å². The van der Waals surface area contributed by atoms with Crippen molar-refractivity contribution in [2.45, 2.75) is 51.7 Å². The first-order valence-corrected chi connectivity index (χ1v) is 9.32. The molecule has 0 saturated carbocycles. The van der Waals surface area contributed by atoms with Crippen LogP contribution in [0.3, 0.4) is 0 Å². The molecule has 0 bridgehead atoms. The van der Waals surface area contributed by atoms with Crippen molar-refractivity contribution in [1.82, 2.24) is 0 Å². The monoisotopic (exact) mass is 386 g/mol. The minimum atomic E-state index is -1.03. The van der Waals surface area contributed by atoms with E-state index in [1.165, 1.54) is 0 Å². The summed E-state index contributed by atoms with van der Waals surface area (Å²) in [5, 5.41) is 0. The number of hydrogen-bond donors (Lipinski definition) is 0. The molecule has 6 heteroatoms. The average Bonchev–Trinajstić information content (AvgIpc) is 2.73. The zero-order chi connectivity index (χ0) is 20.4. The van der Waals surface area contributed by atoms with Gasteiger partial charge in [0.2, 0.25) is 0 Å². The highest BCUT2D eigenvalue weighted by molar-refractivity contribution is 5.89. The summed E-state index contributed by atoms with van der Waals surface area (Å²) in [6, 6.07) is 17.1. The second-order valence-corrected chi connectivity index (χ2v) is 6.89. The molecule has 2 aromatic rings. The van der Waals surface area contributed by atoms with Crippen LogP contribution in [-0.4, -0.2) is 23.6 Å². The van der Waals surface area contributed by atoms with Gasteiger partial charge in [-0.25, -0.2) is 9.59 Å². The van der Waals surface area contributed by atoms with Crippen molar-refractivity contribution in [3.8, 4) is 0 Å². The fraction of sp³-hybridized carbons (Fsp3) is 0.364. The molecule has 28 heavy (non-hydrogen) atoms. The van der Waals surface area contributed by atoms with Crippen LogP contribution in [0, 0.1) is 0 Å². The van der Waals surface area contributed by atoms with Crippen molar-refractivity contribution >= 4 is 11.9 Å². The lowest BCUT2D eigenvalue weighted by molar-refractivity contribution is -0.375. The molecule has 6 nitrogen and oxygen atoms in total. The van der Waals surface area contributed by atoms with Gasteiger partial charge in [-0.05, 0) is 44.5 Å². The second-order valence-electron chi connectivity index (χ2n) is 6.89. The van der Waals surface area contributed by atoms with Gasteiger partial charge in [0.15, 0.2) is 0 Å². The Morgan fingerprint density at radius 2 is 1.36 bits per heavy atom. The summed E-state index contributed by atoms with van der Waals surface area (Å²) in [4.78, 5) is 45.0. The minimum Gasteiger partial charge on any atom is -0.292 e. The molecule has 0 heterocycles. The molecular weight excluding hydrogens is 360 g/mol. The van der Waals surface area contributed by atoms with Gasteiger partial charge in [-0.3, -0.25) is 9.78 Å². The van der Waals surface area contributed by atoms with E-state index in [1.54, 1.807) is 74.5 Å². The van der Waals surface area contributed by atoms with Gasteiger partial charge < -0.3 is 0 Å². The molecular formula is C22H26O6. The molecule has 2 aromatic carbocycles. The quantitative estimate of drug-likeness (QED) is 0.427. The van der Waals surface area contributed by atoms with E-state index >= 15 is 0 Å². The molecule has 0 radical (unpaired) electrons. The average molecular weight is 386 g/mol. The molecule has 0 amide bonds. The zero-order valence-corrected chi connectivity index (χ0v) is 16.4. The molecule has 150 valence electrons. The highest BCUT2D eigenvalue weighted by atomic mass is 17.2. The van der Waals surface area contributed by atoms with E-state index in [2.05, 4.69) is 0 Å². The minimum absolute atomic E-state index is 0.375. The zero-order valence-electron chi connectivity index (χ0n) is 16.4. The topological polar surface area (TPSA) is 71.1 Å². The van der Waals surface area contributed by atoms with Crippen LogP contribution in [-0.2, 0) is 19.6 Å². The Hall–Kier alpha value is -2.70. The number of unbranched alkanes of at least 4 members (excludes halogenated alkanes) is 1. The van der Waals surface area contributed by atoms with Crippen molar-refractivity contribution < 1.29 is 29.1 Å². The van der Waals surface area contributed by atoms with E-state index in [1.807, 2.05) is 6.92 Å². The number of carbonyl (C=O) groups is 2. The molecule has 0 saturated heterocycles. The third kappa shape index (κ3) is 6.48. The van der Waals surface area contributed by atoms with Crippen molar-refractivity contribution in [2.75, 3.05) is 0 Å². The Kier molecular flexibility index (Phi) is 8.17. The second kappa shape index (κ2) is 10.6. The summed E-state index contributed by atoms with van der Waals surface area (Å²) in [7, 11) is 0. The Balaban J connectivity index is 1.96. The van der Waals surface area contributed by atoms with Crippen molar-refractivity contribution in [2.24, 2.45) is 0 Å². The van der Waals surface area contributed by atoms with E-state index in [9.17, 15) is 9.59 Å². The van der Waals surface area contributed by atoms with Crippen LogP contribution in [0.1, 0.15) is 60.7 Å². The highest BCUT2D eigenvalue weighted by Crippen LogP contribution is 2.24. The van der Waals surface area contributed by atoms with Crippen LogP contribution < -0.4 is 0 Å². The molecule has 2 rings (SSSR count). The van der Waals surface area contributed by atoms with Gasteiger partial charge >= 0.3 is 11.9 Å². The maximum Gasteiger partial charge on any atom is 0.373 e. The molecule has 0 aliphatic heterocycles. The number of benzene rings is 2. The van der Waals surface area contributed by atoms with E-state index in [0.29, 0.717) is 17.5 Å². The normalized spacial score (nSPS) is 12.2. The number of hydrogen-bond acceptors (Lipinski definition) is 6. The summed E-state index contributed by atoms with van der Waals surface area (Å²) in [6.45, 7) is 5.46. The first-order valence-electron chi connectivity index (χ1n) is 9.32. The SMILES string of the molecule is CCCCC(OOC(=O)c1ccccc1)C(C)(C)OOC(=O)c1ccccc1. The van der Waals surface area contributed by atoms with E-state index in [4.69, 9.17) is 19.6 Å². The standard InChI is InChI=1S/C22H26O6/c1-4-5-16-19(25-26-20(23)17-12-8-6-9-13-17)22(2,3)28-27-21(24)18-14-10-7-11-15-18/h6-15,19H,4-5,16H2,1-3H3. The highest BCUT2D eigenvalue weighted by Gasteiger charge is 2.36. The summed E-state index contributed by atoms with van der Waals surface area (Å²) in [5.41, 5.74) is -0.276. The van der Waals surface area contributed by atoms with Crippen LogP contribution in [0.15, 0.2) is 60.7 Å². The Labute approximate surface area is 165 Å². The Bertz CT molecular complexity index is 742. The van der Waals surface area contributed by atoms with Crippen LogP contribution in [0.5, 0.6) is 0 Å². The predicted octanol–water partition coefficient (Wildman–Crippen LogP) is 4.90. The smallest absolute Gasteiger partial charge is 0.292 e. The van der Waals surface area contributed by atoms with Crippen LogP contribution in [0.4, 0.5) is 0 Å². The molecule has 0 spiro atoms. The van der Waals surface area contributed by atoms with E-state index < -0.39 is 23.6 Å². The summed E-state index contributed by atoms with van der Waals surface area (Å²) in [5.74, 6) is -1.21. The summed E-state index contributed by atoms with van der Waals surface area (Å²) in [6.07, 6.45) is 1.69. The van der Waals surface area contributed by atoms with Gasteiger partial charge in [-0.2, -0.15) is 9.78 Å². The van der Waals surface area contributed by atoms with Gasteiger partial charge in [-0.1, -0.05) is 56.2 Å². The first kappa shape index (κ1) is 21.6. The molecule has 1 atom stereocenters. The third-order valence-electron chi connectivity index (χ3n) is 4.19. The van der Waals surface area contributed by atoms with Gasteiger partial charge in [0, 0.05) is 0 Å². The summed E-state index contributed by atoms with van der Waals surface area (Å²) >= 11 is 0. The van der Waals surface area contributed by atoms with Crippen LogP contribution in [0.25, 0.3) is 0 Å². The van der Waals surface area contributed by atoms with Crippen molar-refractivity contribution in [3.63, 3.8) is 0 Å². The Morgan fingerprint density at radius 3 is 1.86 bits per heavy atom. The Morgan fingerprint density at radius 1 is 0.857 bits per heavy atom. The number of carbonyl (C=O) groups excluding carboxylic acids is 2. The van der Waals surface area contributed by atoms with Crippen LogP contribution in [0.2, 0.25) is 0 Å². The maximum absolute atomic E-state index is 12.1. The maximum atomic E-state index is 12.1. The predicted molar refractivity (Wildman–Crippen MR) is 103 cm³/mol. The third-order valence-corrected chi connectivity index (χ3v) is 4.19. The lowest BCUT2D eigenvalue weighted by atomic mass is 9.97. The first-order chi connectivity index (χ1) is 13.4. The molecule has 0 fully saturated rings. The van der Waals surface area contributed by atoms with Crippen LogP contribution >= 0.6 is 0 Å². The fourth-order valence-electron chi connectivity index (χ4n) is 2.45. The van der Waals surface area contributed by atoms with Crippen molar-refractivity contribution in [3.05, 3.63) is 71.8 Å². The number of rotatable bonds is 10. The molecule has 0 aliphatic rings. The lowest BCUT2D eigenvalue weighted by Crippen LogP contribution is -2.42. The molecule has 0 aromatic heterocycles. The molecule has 1 unspecified atom stereocenters. The summed E-state index contributed by atoms with van der Waals surface area (Å²) < 4.78 is 0. The molecule has 0 aliphatic carbocycles. The van der Waals surface area contributed by atoms with Gasteiger partial charge in [0.1, 0.15) is 11.7 Å². The lowest BCUT2D eigenvalue weighted by Gasteiger charge is -2.30. The van der Waals surface area contributed by atoms with Gasteiger partial charge in [0.05, 0.1) is 11.1 Å². The molecule has 0 N–H and O–H groups in total. The van der Waals surface area contributed by atoms with Crippen molar-refractivity contribution in [1.29, 1.82) is 0 Å². The largest absolute Gasteiger partial charge is 0.373 e. The van der Waals surface area contributed by atoms with Gasteiger partial charge in [0.25, 0.3) is 0 Å².